The lowest BCUT2D eigenvalue weighted by Gasteiger charge is -2.62. The predicted octanol–water partition coefficient (Wildman–Crippen LogP) is 1.87. The molecule has 4 rings (SSSR count). The van der Waals surface area contributed by atoms with E-state index >= 15 is 4.39 Å². The number of aliphatic hydroxyl groups is 2. The molecule has 3 N–H and O–H groups in total. The number of ketones is 2. The second-order valence-corrected chi connectivity index (χ2v) is 13.6. The molecule has 0 heterocycles. The summed E-state index contributed by atoms with van der Waals surface area (Å²) in [6.07, 6.45) is 3.22. The highest BCUT2D eigenvalue weighted by molar-refractivity contribution is 6.01. The minimum absolute atomic E-state index is 0.160. The van der Waals surface area contributed by atoms with Gasteiger partial charge in [-0.3, -0.25) is 19.2 Å². The molecule has 9 atom stereocenters. The van der Waals surface area contributed by atoms with Gasteiger partial charge in [0.2, 0.25) is 11.7 Å². The van der Waals surface area contributed by atoms with Crippen molar-refractivity contribution in [3.05, 3.63) is 33.9 Å². The third kappa shape index (κ3) is 6.31. The quantitative estimate of drug-likeness (QED) is 0.111. The first-order valence-corrected chi connectivity index (χ1v) is 15.8. The number of carbonyl (C=O) groups is 5. The maximum absolute atomic E-state index is 17.4. The van der Waals surface area contributed by atoms with Crippen molar-refractivity contribution in [2.24, 2.45) is 28.6 Å². The zero-order chi connectivity index (χ0) is 34.9. The number of rotatable bonds is 13. The summed E-state index contributed by atoms with van der Waals surface area (Å²) >= 11 is 0. The Labute approximate surface area is 271 Å². The molecule has 0 spiro atoms. The number of hydrogen-bond acceptors (Lipinski definition) is 12. The van der Waals surface area contributed by atoms with E-state index in [0.717, 1.165) is 6.92 Å². The van der Waals surface area contributed by atoms with Crippen LogP contribution in [0.5, 0.6) is 0 Å². The van der Waals surface area contributed by atoms with E-state index in [1.54, 1.807) is 20.8 Å². The Morgan fingerprint density at radius 3 is 2.51 bits per heavy atom. The van der Waals surface area contributed by atoms with Gasteiger partial charge in [-0.2, -0.15) is 0 Å². The number of hydrogen-bond donors (Lipinski definition) is 3. The van der Waals surface area contributed by atoms with Crippen molar-refractivity contribution >= 4 is 29.4 Å². The van der Waals surface area contributed by atoms with Gasteiger partial charge < -0.3 is 29.8 Å². The number of nitrogens with one attached hydrogen (secondary N) is 1. The first-order valence-electron chi connectivity index (χ1n) is 15.8. The maximum atomic E-state index is 17.4. The molecule has 0 radical (unpaired) electrons. The Morgan fingerprint density at radius 2 is 1.85 bits per heavy atom. The fraction of sp³-hybridized carbons (Fsp3) is 0.719. The van der Waals surface area contributed by atoms with Crippen LogP contribution in [0.25, 0.3) is 0 Å². The van der Waals surface area contributed by atoms with Crippen LogP contribution < -0.4 is 5.32 Å². The molecule has 15 heteroatoms. The molecule has 0 aromatic carbocycles. The molecular weight excluding hydrogens is 623 g/mol. The number of Topliss-reactive ketones (excluding diaryl/α,β-unsaturated/α-hetero) is 1. The summed E-state index contributed by atoms with van der Waals surface area (Å²) in [4.78, 5) is 77.1. The highest BCUT2D eigenvalue weighted by Crippen LogP contribution is 2.70. The van der Waals surface area contributed by atoms with E-state index in [9.17, 15) is 44.3 Å². The fourth-order valence-corrected chi connectivity index (χ4v) is 8.68. The van der Waals surface area contributed by atoms with E-state index in [1.165, 1.54) is 18.2 Å². The number of nitrogens with zero attached hydrogens (tertiary/aromatic N) is 1. The zero-order valence-electron chi connectivity index (χ0n) is 27.0. The van der Waals surface area contributed by atoms with Crippen molar-refractivity contribution in [2.45, 2.75) is 96.1 Å². The summed E-state index contributed by atoms with van der Waals surface area (Å²) in [5.41, 5.74) is -6.11. The number of amides is 1. The van der Waals surface area contributed by atoms with Crippen LogP contribution in [0, 0.1) is 38.7 Å². The number of carbonyl (C=O) groups excluding carboxylic acids is 5. The van der Waals surface area contributed by atoms with Gasteiger partial charge in [0.25, 0.3) is 5.09 Å². The molecule has 0 aromatic rings. The molecule has 0 saturated heterocycles. The molecule has 4 aliphatic rings. The van der Waals surface area contributed by atoms with Crippen molar-refractivity contribution in [1.29, 1.82) is 0 Å². The molecule has 3 saturated carbocycles. The molecule has 260 valence electrons. The molecule has 1 amide bonds. The first-order chi connectivity index (χ1) is 21.9. The van der Waals surface area contributed by atoms with Gasteiger partial charge in [0.05, 0.1) is 25.7 Å². The molecule has 0 aromatic heterocycles. The molecule has 4 aliphatic carbocycles. The van der Waals surface area contributed by atoms with Crippen molar-refractivity contribution in [3.8, 4) is 0 Å². The highest BCUT2D eigenvalue weighted by atomic mass is 19.1. The largest absolute Gasteiger partial charge is 0.464 e. The summed E-state index contributed by atoms with van der Waals surface area (Å²) in [5, 5.41) is 35.1. The van der Waals surface area contributed by atoms with Gasteiger partial charge in [-0.15, -0.1) is 10.1 Å². The van der Waals surface area contributed by atoms with E-state index in [0.29, 0.717) is 18.4 Å². The van der Waals surface area contributed by atoms with Gasteiger partial charge in [-0.1, -0.05) is 25.5 Å². The average molecular weight is 667 g/mol. The Kier molecular flexibility index (Phi) is 10.3. The Morgan fingerprint density at radius 1 is 1.17 bits per heavy atom. The van der Waals surface area contributed by atoms with Crippen molar-refractivity contribution in [1.82, 2.24) is 5.32 Å². The number of allylic oxidation sites excluding steroid dienone is 4. The van der Waals surface area contributed by atoms with E-state index in [2.05, 4.69) is 10.2 Å². The number of ether oxygens (including phenoxy) is 2. The average Bonchev–Trinajstić information content (AvgIpc) is 3.19. The highest BCUT2D eigenvalue weighted by Gasteiger charge is 2.75. The monoisotopic (exact) mass is 666 g/mol. The van der Waals surface area contributed by atoms with E-state index in [4.69, 9.17) is 9.47 Å². The molecular formula is C32H43FN2O12. The number of unbranched alkanes of at least 4 members (excludes halogenated alkanes) is 1. The zero-order valence-corrected chi connectivity index (χ0v) is 27.0. The lowest BCUT2D eigenvalue weighted by Crippen LogP contribution is -2.69. The van der Waals surface area contributed by atoms with Crippen molar-refractivity contribution < 1.29 is 58.0 Å². The van der Waals surface area contributed by atoms with Gasteiger partial charge in [-0.05, 0) is 69.4 Å². The third-order valence-electron chi connectivity index (χ3n) is 11.0. The molecule has 0 aliphatic heterocycles. The number of halogens is 1. The summed E-state index contributed by atoms with van der Waals surface area (Å²) in [7, 11) is 0. The van der Waals surface area contributed by atoms with Crippen LogP contribution in [0.15, 0.2) is 23.8 Å². The van der Waals surface area contributed by atoms with Crippen LogP contribution in [0.2, 0.25) is 0 Å². The van der Waals surface area contributed by atoms with Crippen LogP contribution in [0.4, 0.5) is 4.39 Å². The summed E-state index contributed by atoms with van der Waals surface area (Å²) in [6.45, 7) is 4.89. The summed E-state index contributed by atoms with van der Waals surface area (Å²) < 4.78 is 27.6. The van der Waals surface area contributed by atoms with E-state index in [-0.39, 0.29) is 44.7 Å². The second kappa shape index (κ2) is 13.4. The lowest BCUT2D eigenvalue weighted by molar-refractivity contribution is -0.757. The van der Waals surface area contributed by atoms with Crippen LogP contribution in [-0.2, 0) is 38.3 Å². The topological polar surface area (TPSA) is 209 Å². The summed E-state index contributed by atoms with van der Waals surface area (Å²) in [5.74, 6) is -5.62. The van der Waals surface area contributed by atoms with Crippen LogP contribution in [0.3, 0.4) is 0 Å². The molecule has 47 heavy (non-hydrogen) atoms. The van der Waals surface area contributed by atoms with Crippen molar-refractivity contribution in [2.75, 3.05) is 19.8 Å². The lowest BCUT2D eigenvalue weighted by atomic mass is 9.44. The summed E-state index contributed by atoms with van der Waals surface area (Å²) in [6, 6.07) is -1.44. The van der Waals surface area contributed by atoms with Crippen molar-refractivity contribution in [3.63, 3.8) is 0 Å². The van der Waals surface area contributed by atoms with Gasteiger partial charge >= 0.3 is 11.9 Å². The van der Waals surface area contributed by atoms with E-state index < -0.39 is 93.7 Å². The Bertz CT molecular complexity index is 1380. The minimum Gasteiger partial charge on any atom is -0.464 e. The van der Waals surface area contributed by atoms with Crippen LogP contribution >= 0.6 is 0 Å². The smallest absolute Gasteiger partial charge is 0.329 e. The number of esters is 2. The SMILES string of the molecule is CC(=O)NC(CC(=O)OCC(=O)[C@@]1(O)[C@H](C)C[C@H]2[C@@H]3CCC4=CC(=O)C=C[C@]4(C)[C@@]3(F)[C@@H](O)C[C@@]21C)C(=O)OCCCCO[N+](=O)[O-]. The number of fused-ring (bicyclic) bond motifs is 5. The van der Waals surface area contributed by atoms with Crippen LogP contribution in [-0.4, -0.2) is 87.9 Å². The van der Waals surface area contributed by atoms with Gasteiger partial charge in [0.1, 0.15) is 11.6 Å². The van der Waals surface area contributed by atoms with Gasteiger partial charge in [0.15, 0.2) is 18.1 Å². The molecule has 14 nitrogen and oxygen atoms in total. The van der Waals surface area contributed by atoms with Crippen LogP contribution in [0.1, 0.15) is 72.6 Å². The maximum Gasteiger partial charge on any atom is 0.329 e. The fourth-order valence-electron chi connectivity index (χ4n) is 8.68. The Balaban J connectivity index is 1.42. The third-order valence-corrected chi connectivity index (χ3v) is 11.0. The minimum atomic E-state index is -2.14. The Hall–Kier alpha value is -3.72. The first kappa shape index (κ1) is 36.1. The standard InChI is InChI=1S/C32H43FN2O12/c1-18-13-23-22-8-7-20-14-21(37)9-10-29(20,3)31(22,33)25(38)16-30(23,4)32(18,42)26(39)17-46-27(40)15-24(34-19(2)36)28(41)45-11-5-6-12-47-35(43)44/h9-10,14,18,22-25,38,42H,5-8,11-13,15-17H2,1-4H3,(H,34,36)/t18-,22+,23+,24?,25+,29+,30+,31+,32+/m1/s1. The van der Waals surface area contributed by atoms with Gasteiger partial charge in [-0.25, -0.2) is 9.18 Å². The number of alkyl halides is 1. The second-order valence-electron chi connectivity index (χ2n) is 13.6. The van der Waals surface area contributed by atoms with Gasteiger partial charge in [0, 0.05) is 23.7 Å². The molecule has 0 bridgehead atoms. The molecule has 1 unspecified atom stereocenters. The predicted molar refractivity (Wildman–Crippen MR) is 159 cm³/mol. The molecule has 3 fully saturated rings. The number of aliphatic hydroxyl groups excluding tert-OH is 1. The normalized spacial score (nSPS) is 36.1. The van der Waals surface area contributed by atoms with E-state index in [1.807, 2.05) is 0 Å².